The van der Waals surface area contributed by atoms with Crippen LogP contribution in [0.3, 0.4) is 0 Å². The number of hydrogen-bond donors (Lipinski definition) is 1. The molecule has 0 bridgehead atoms. The summed E-state index contributed by atoms with van der Waals surface area (Å²) in [4.78, 5) is 13.6. The van der Waals surface area contributed by atoms with E-state index in [2.05, 4.69) is 11.8 Å². The first-order valence-electron chi connectivity index (χ1n) is 7.37. The number of para-hydroxylation sites is 1. The van der Waals surface area contributed by atoms with Crippen molar-refractivity contribution >= 4 is 5.97 Å². The van der Waals surface area contributed by atoms with E-state index in [1.54, 1.807) is 24.3 Å². The van der Waals surface area contributed by atoms with Crippen molar-refractivity contribution < 1.29 is 14.6 Å². The van der Waals surface area contributed by atoms with Crippen LogP contribution in [0.25, 0.3) is 0 Å². The van der Waals surface area contributed by atoms with Crippen molar-refractivity contribution in [2.75, 3.05) is 19.7 Å². The van der Waals surface area contributed by atoms with Gasteiger partial charge >= 0.3 is 5.97 Å². The van der Waals surface area contributed by atoms with Crippen LogP contribution >= 0.6 is 0 Å². The lowest BCUT2D eigenvalue weighted by Gasteiger charge is -2.33. The number of piperidine rings is 1. The fraction of sp³-hybridized carbons (Fsp3) is 0.562. The third-order valence-corrected chi connectivity index (χ3v) is 3.91. The van der Waals surface area contributed by atoms with Crippen molar-refractivity contribution in [1.82, 2.24) is 4.90 Å². The molecule has 1 saturated heterocycles. The fourth-order valence-corrected chi connectivity index (χ4v) is 2.71. The monoisotopic (exact) mass is 277 g/mol. The number of aromatic carboxylic acids is 1. The van der Waals surface area contributed by atoms with Gasteiger partial charge in [0.15, 0.2) is 0 Å². The lowest BCUT2D eigenvalue weighted by molar-refractivity contribution is 0.0692. The number of ether oxygens (including phenoxy) is 1. The van der Waals surface area contributed by atoms with Crippen LogP contribution in [-0.2, 0) is 0 Å². The average molecular weight is 277 g/mol. The van der Waals surface area contributed by atoms with Gasteiger partial charge in [-0.1, -0.05) is 18.6 Å². The van der Waals surface area contributed by atoms with Gasteiger partial charge in [-0.2, -0.15) is 0 Å². The average Bonchev–Trinajstić information content (AvgIpc) is 2.45. The number of hydrogen-bond acceptors (Lipinski definition) is 3. The molecule has 0 saturated carbocycles. The number of benzene rings is 1. The molecule has 1 aliphatic rings. The third kappa shape index (κ3) is 3.97. The molecule has 0 unspecified atom stereocenters. The zero-order valence-electron chi connectivity index (χ0n) is 12.0. The number of rotatable bonds is 6. The van der Waals surface area contributed by atoms with Crippen molar-refractivity contribution in [2.45, 2.75) is 38.6 Å². The fourth-order valence-electron chi connectivity index (χ4n) is 2.71. The predicted octanol–water partition coefficient (Wildman–Crippen LogP) is 3.03. The summed E-state index contributed by atoms with van der Waals surface area (Å²) in [5, 5.41) is 9.07. The van der Waals surface area contributed by atoms with Crippen LogP contribution in [0, 0.1) is 0 Å². The van der Waals surface area contributed by atoms with E-state index >= 15 is 0 Å². The molecule has 2 rings (SSSR count). The Morgan fingerprint density at radius 1 is 1.40 bits per heavy atom. The lowest BCUT2D eigenvalue weighted by atomic mass is 10.0. The van der Waals surface area contributed by atoms with E-state index in [1.807, 2.05) is 0 Å². The first-order chi connectivity index (χ1) is 9.68. The summed E-state index contributed by atoms with van der Waals surface area (Å²) in [6, 6.07) is 7.47. The second kappa shape index (κ2) is 7.29. The molecule has 1 aromatic rings. The lowest BCUT2D eigenvalue weighted by Crippen LogP contribution is -2.38. The van der Waals surface area contributed by atoms with Gasteiger partial charge in [0.2, 0.25) is 0 Å². The standard InChI is InChI=1S/C16H23NO3/c1-13-7-4-5-10-17(13)11-6-12-20-15-9-3-2-8-14(15)16(18)19/h2-3,8-9,13H,4-7,10-12H2,1H3,(H,18,19)/t13-/m1/s1. The van der Waals surface area contributed by atoms with Crippen molar-refractivity contribution in [2.24, 2.45) is 0 Å². The largest absolute Gasteiger partial charge is 0.493 e. The summed E-state index contributed by atoms with van der Waals surface area (Å²) >= 11 is 0. The van der Waals surface area contributed by atoms with Gasteiger partial charge in [-0.05, 0) is 44.9 Å². The van der Waals surface area contributed by atoms with E-state index < -0.39 is 5.97 Å². The highest BCUT2D eigenvalue weighted by atomic mass is 16.5. The maximum atomic E-state index is 11.1. The molecule has 0 amide bonds. The second-order valence-electron chi connectivity index (χ2n) is 5.38. The van der Waals surface area contributed by atoms with Gasteiger partial charge in [-0.25, -0.2) is 4.79 Å². The minimum Gasteiger partial charge on any atom is -0.493 e. The molecular weight excluding hydrogens is 254 g/mol. The summed E-state index contributed by atoms with van der Waals surface area (Å²) in [6.07, 6.45) is 4.83. The normalized spacial score (nSPS) is 19.8. The molecule has 0 aromatic heterocycles. The van der Waals surface area contributed by atoms with Gasteiger partial charge in [0.25, 0.3) is 0 Å². The van der Waals surface area contributed by atoms with Crippen LogP contribution in [0.15, 0.2) is 24.3 Å². The minimum absolute atomic E-state index is 0.235. The summed E-state index contributed by atoms with van der Waals surface area (Å²) < 4.78 is 5.62. The summed E-state index contributed by atoms with van der Waals surface area (Å²) in [5.74, 6) is -0.475. The number of carboxylic acids is 1. The first kappa shape index (κ1) is 14.9. The molecule has 1 heterocycles. The van der Waals surface area contributed by atoms with Gasteiger partial charge < -0.3 is 14.7 Å². The highest BCUT2D eigenvalue weighted by Gasteiger charge is 2.17. The Hall–Kier alpha value is -1.55. The Morgan fingerprint density at radius 3 is 2.95 bits per heavy atom. The Balaban J connectivity index is 1.77. The first-order valence-corrected chi connectivity index (χ1v) is 7.37. The zero-order chi connectivity index (χ0) is 14.4. The molecule has 1 N–H and O–H groups in total. The number of nitrogens with zero attached hydrogens (tertiary/aromatic N) is 1. The van der Waals surface area contributed by atoms with Gasteiger partial charge in [0.05, 0.1) is 6.61 Å². The Morgan fingerprint density at radius 2 is 2.20 bits per heavy atom. The molecule has 1 atom stereocenters. The molecule has 1 aliphatic heterocycles. The van der Waals surface area contributed by atoms with Crippen LogP contribution in [0.1, 0.15) is 43.0 Å². The molecule has 110 valence electrons. The Bertz CT molecular complexity index is 447. The van der Waals surface area contributed by atoms with Crippen LogP contribution in [0.2, 0.25) is 0 Å². The summed E-state index contributed by atoms with van der Waals surface area (Å²) in [6.45, 7) is 5.04. The highest BCUT2D eigenvalue weighted by molar-refractivity contribution is 5.90. The van der Waals surface area contributed by atoms with Crippen molar-refractivity contribution in [1.29, 1.82) is 0 Å². The molecule has 0 radical (unpaired) electrons. The number of carboxylic acid groups (broad SMARTS) is 1. The van der Waals surface area contributed by atoms with E-state index in [4.69, 9.17) is 9.84 Å². The Kier molecular flexibility index (Phi) is 5.41. The second-order valence-corrected chi connectivity index (χ2v) is 5.38. The molecular formula is C16H23NO3. The molecule has 0 spiro atoms. The van der Waals surface area contributed by atoms with Crippen LogP contribution in [0.5, 0.6) is 5.75 Å². The van der Waals surface area contributed by atoms with Gasteiger partial charge in [0, 0.05) is 12.6 Å². The van der Waals surface area contributed by atoms with Gasteiger partial charge in [-0.15, -0.1) is 0 Å². The summed E-state index contributed by atoms with van der Waals surface area (Å²) in [7, 11) is 0. The molecule has 20 heavy (non-hydrogen) atoms. The molecule has 4 heteroatoms. The molecule has 1 fully saturated rings. The molecule has 0 aliphatic carbocycles. The number of carbonyl (C=O) groups is 1. The quantitative estimate of drug-likeness (QED) is 0.812. The zero-order valence-corrected chi connectivity index (χ0v) is 12.0. The predicted molar refractivity (Wildman–Crippen MR) is 78.4 cm³/mol. The van der Waals surface area contributed by atoms with E-state index in [1.165, 1.54) is 25.8 Å². The maximum Gasteiger partial charge on any atom is 0.339 e. The van der Waals surface area contributed by atoms with Crippen molar-refractivity contribution in [3.05, 3.63) is 29.8 Å². The third-order valence-electron chi connectivity index (χ3n) is 3.91. The molecule has 1 aromatic carbocycles. The van der Waals surface area contributed by atoms with Crippen LogP contribution in [-0.4, -0.2) is 41.7 Å². The van der Waals surface area contributed by atoms with Gasteiger partial charge in [-0.3, -0.25) is 0 Å². The summed E-state index contributed by atoms with van der Waals surface area (Å²) in [5.41, 5.74) is 0.235. The Labute approximate surface area is 120 Å². The minimum atomic E-state index is -0.940. The topological polar surface area (TPSA) is 49.8 Å². The number of likely N-dealkylation sites (tertiary alicyclic amines) is 1. The van der Waals surface area contributed by atoms with E-state index in [9.17, 15) is 4.79 Å². The van der Waals surface area contributed by atoms with Gasteiger partial charge in [0.1, 0.15) is 11.3 Å². The van der Waals surface area contributed by atoms with E-state index in [-0.39, 0.29) is 5.56 Å². The molecule has 4 nitrogen and oxygen atoms in total. The van der Waals surface area contributed by atoms with E-state index in [0.29, 0.717) is 18.4 Å². The van der Waals surface area contributed by atoms with E-state index in [0.717, 1.165) is 13.0 Å². The SMILES string of the molecule is C[C@@H]1CCCCN1CCCOc1ccccc1C(=O)O. The van der Waals surface area contributed by atoms with Crippen LogP contribution < -0.4 is 4.74 Å². The van der Waals surface area contributed by atoms with Crippen LogP contribution in [0.4, 0.5) is 0 Å². The smallest absolute Gasteiger partial charge is 0.339 e. The highest BCUT2D eigenvalue weighted by Crippen LogP contribution is 2.19. The maximum absolute atomic E-state index is 11.1. The van der Waals surface area contributed by atoms with Crippen molar-refractivity contribution in [3.8, 4) is 5.75 Å². The van der Waals surface area contributed by atoms with Crippen molar-refractivity contribution in [3.63, 3.8) is 0 Å².